The molecule has 0 bridgehead atoms. The van der Waals surface area contributed by atoms with Crippen molar-refractivity contribution in [1.29, 1.82) is 0 Å². The third-order valence-electron chi connectivity index (χ3n) is 1.85. The quantitative estimate of drug-likeness (QED) is 0.819. The standard InChI is InChI=1S/C11H16BrNO3/c1-8(2)7-15-6-4-13-11(14)9-3-5-16-10(9)12/h3,5,8H,4,6-7H2,1-2H3,(H,13,14). The van der Waals surface area contributed by atoms with Gasteiger partial charge in [0, 0.05) is 13.2 Å². The van der Waals surface area contributed by atoms with Crippen LogP contribution in [0, 0.1) is 5.92 Å². The Morgan fingerprint density at radius 2 is 2.38 bits per heavy atom. The van der Waals surface area contributed by atoms with E-state index >= 15 is 0 Å². The van der Waals surface area contributed by atoms with Crippen molar-refractivity contribution in [3.63, 3.8) is 0 Å². The van der Waals surface area contributed by atoms with Gasteiger partial charge in [0.25, 0.3) is 5.91 Å². The summed E-state index contributed by atoms with van der Waals surface area (Å²) in [6.45, 7) is 5.91. The number of nitrogens with one attached hydrogen (secondary N) is 1. The lowest BCUT2D eigenvalue weighted by Crippen LogP contribution is -2.27. The van der Waals surface area contributed by atoms with Crippen LogP contribution >= 0.6 is 15.9 Å². The number of furan rings is 1. The summed E-state index contributed by atoms with van der Waals surface area (Å²) in [4.78, 5) is 11.6. The Morgan fingerprint density at radius 1 is 1.62 bits per heavy atom. The molecule has 0 spiro atoms. The van der Waals surface area contributed by atoms with Gasteiger partial charge in [-0.25, -0.2) is 0 Å². The fourth-order valence-electron chi connectivity index (χ4n) is 1.11. The van der Waals surface area contributed by atoms with Gasteiger partial charge in [-0.2, -0.15) is 0 Å². The van der Waals surface area contributed by atoms with Crippen molar-refractivity contribution in [2.45, 2.75) is 13.8 Å². The third-order valence-corrected chi connectivity index (χ3v) is 2.46. The van der Waals surface area contributed by atoms with Crippen molar-refractivity contribution in [3.8, 4) is 0 Å². The number of ether oxygens (including phenoxy) is 1. The second kappa shape index (κ2) is 6.70. The molecule has 0 saturated carbocycles. The molecule has 1 rings (SSSR count). The van der Waals surface area contributed by atoms with Crippen LogP contribution in [0.5, 0.6) is 0 Å². The number of hydrogen-bond acceptors (Lipinski definition) is 3. The number of halogens is 1. The molecular weight excluding hydrogens is 274 g/mol. The van der Waals surface area contributed by atoms with Gasteiger partial charge in [-0.3, -0.25) is 4.79 Å². The van der Waals surface area contributed by atoms with E-state index < -0.39 is 0 Å². The lowest BCUT2D eigenvalue weighted by molar-refractivity contribution is 0.0885. The highest BCUT2D eigenvalue weighted by Crippen LogP contribution is 2.16. The summed E-state index contributed by atoms with van der Waals surface area (Å²) >= 11 is 3.15. The fourth-order valence-corrected chi connectivity index (χ4v) is 1.53. The molecular formula is C11H16BrNO3. The first-order chi connectivity index (χ1) is 7.61. The second-order valence-corrected chi connectivity index (χ2v) is 4.55. The van der Waals surface area contributed by atoms with Gasteiger partial charge in [0.2, 0.25) is 0 Å². The molecule has 0 aliphatic heterocycles. The molecule has 0 aliphatic rings. The van der Waals surface area contributed by atoms with E-state index in [4.69, 9.17) is 9.15 Å². The van der Waals surface area contributed by atoms with Crippen molar-refractivity contribution in [2.75, 3.05) is 19.8 Å². The normalized spacial score (nSPS) is 10.8. The Bertz CT molecular complexity index is 336. The van der Waals surface area contributed by atoms with Crippen LogP contribution in [0.15, 0.2) is 21.4 Å². The van der Waals surface area contributed by atoms with Gasteiger partial charge in [-0.05, 0) is 27.9 Å². The number of rotatable bonds is 6. The summed E-state index contributed by atoms with van der Waals surface area (Å²) in [5.41, 5.74) is 0.504. The highest BCUT2D eigenvalue weighted by molar-refractivity contribution is 9.10. The molecule has 16 heavy (non-hydrogen) atoms. The second-order valence-electron chi connectivity index (χ2n) is 3.83. The van der Waals surface area contributed by atoms with Crippen molar-refractivity contribution >= 4 is 21.8 Å². The number of carbonyl (C=O) groups excluding carboxylic acids is 1. The molecule has 0 fully saturated rings. The smallest absolute Gasteiger partial charge is 0.255 e. The van der Waals surface area contributed by atoms with Crippen LogP contribution in [0.4, 0.5) is 0 Å². The zero-order valence-corrected chi connectivity index (χ0v) is 11.0. The number of amides is 1. The molecule has 0 aromatic carbocycles. The van der Waals surface area contributed by atoms with Crippen LogP contribution < -0.4 is 5.32 Å². The van der Waals surface area contributed by atoms with E-state index in [1.807, 2.05) is 0 Å². The van der Waals surface area contributed by atoms with Crippen molar-refractivity contribution in [2.24, 2.45) is 5.92 Å². The molecule has 1 N–H and O–H groups in total. The summed E-state index contributed by atoms with van der Waals surface area (Å²) in [6, 6.07) is 1.62. The Balaban J connectivity index is 2.19. The van der Waals surface area contributed by atoms with Crippen molar-refractivity contribution in [1.82, 2.24) is 5.32 Å². The van der Waals surface area contributed by atoms with E-state index in [1.54, 1.807) is 6.07 Å². The van der Waals surface area contributed by atoms with E-state index in [-0.39, 0.29) is 5.91 Å². The highest BCUT2D eigenvalue weighted by Gasteiger charge is 2.11. The highest BCUT2D eigenvalue weighted by atomic mass is 79.9. The minimum absolute atomic E-state index is 0.159. The maximum absolute atomic E-state index is 11.6. The summed E-state index contributed by atoms with van der Waals surface area (Å²) in [5.74, 6) is 0.354. The molecule has 0 saturated heterocycles. The van der Waals surface area contributed by atoms with Crippen LogP contribution in [0.1, 0.15) is 24.2 Å². The topological polar surface area (TPSA) is 51.5 Å². The molecule has 0 unspecified atom stereocenters. The van der Waals surface area contributed by atoms with Gasteiger partial charge in [0.05, 0.1) is 18.4 Å². The zero-order valence-electron chi connectivity index (χ0n) is 9.46. The van der Waals surface area contributed by atoms with Crippen LogP contribution in [0.3, 0.4) is 0 Å². The largest absolute Gasteiger partial charge is 0.457 e. The van der Waals surface area contributed by atoms with Crippen LogP contribution in [0.2, 0.25) is 0 Å². The van der Waals surface area contributed by atoms with E-state index in [2.05, 4.69) is 35.1 Å². The predicted octanol–water partition coefficient (Wildman–Crippen LogP) is 2.44. The molecule has 0 atom stereocenters. The molecule has 1 aromatic heterocycles. The summed E-state index contributed by atoms with van der Waals surface area (Å²) in [5, 5.41) is 2.75. The maximum atomic E-state index is 11.6. The SMILES string of the molecule is CC(C)COCCNC(=O)c1ccoc1Br. The van der Waals surface area contributed by atoms with Gasteiger partial charge in [0.15, 0.2) is 4.67 Å². The Morgan fingerprint density at radius 3 is 2.94 bits per heavy atom. The molecule has 0 aliphatic carbocycles. The van der Waals surface area contributed by atoms with E-state index in [0.717, 1.165) is 0 Å². The molecule has 1 heterocycles. The fraction of sp³-hybridized carbons (Fsp3) is 0.545. The molecule has 4 nitrogen and oxygen atoms in total. The van der Waals surface area contributed by atoms with Crippen LogP contribution in [0.25, 0.3) is 0 Å². The lowest BCUT2D eigenvalue weighted by Gasteiger charge is -2.07. The third kappa shape index (κ3) is 4.37. The average molecular weight is 290 g/mol. The first-order valence-corrected chi connectivity index (χ1v) is 5.99. The monoisotopic (exact) mass is 289 g/mol. The molecule has 1 aromatic rings. The minimum atomic E-state index is -0.159. The van der Waals surface area contributed by atoms with Gasteiger partial charge in [-0.1, -0.05) is 13.8 Å². The predicted molar refractivity (Wildman–Crippen MR) is 64.4 cm³/mol. The maximum Gasteiger partial charge on any atom is 0.255 e. The summed E-state index contributed by atoms with van der Waals surface area (Å²) in [6.07, 6.45) is 1.47. The van der Waals surface area contributed by atoms with Crippen molar-refractivity contribution < 1.29 is 13.9 Å². The Kier molecular flexibility index (Phi) is 5.55. The molecule has 5 heteroatoms. The summed E-state index contributed by atoms with van der Waals surface area (Å²) in [7, 11) is 0. The van der Waals surface area contributed by atoms with E-state index in [1.165, 1.54) is 6.26 Å². The van der Waals surface area contributed by atoms with E-state index in [0.29, 0.717) is 35.9 Å². The van der Waals surface area contributed by atoms with Gasteiger partial charge < -0.3 is 14.5 Å². The number of hydrogen-bond donors (Lipinski definition) is 1. The van der Waals surface area contributed by atoms with Crippen LogP contribution in [-0.4, -0.2) is 25.7 Å². The first kappa shape index (κ1) is 13.3. The van der Waals surface area contributed by atoms with Crippen molar-refractivity contribution in [3.05, 3.63) is 22.6 Å². The lowest BCUT2D eigenvalue weighted by atomic mass is 10.2. The zero-order chi connectivity index (χ0) is 12.0. The molecule has 90 valence electrons. The number of carbonyl (C=O) groups is 1. The Hall–Kier alpha value is -0.810. The molecule has 1 amide bonds. The van der Waals surface area contributed by atoms with Gasteiger partial charge in [0.1, 0.15) is 0 Å². The molecule has 0 radical (unpaired) electrons. The summed E-state index contributed by atoms with van der Waals surface area (Å²) < 4.78 is 10.8. The Labute approximate surface area is 103 Å². The van der Waals surface area contributed by atoms with Gasteiger partial charge in [-0.15, -0.1) is 0 Å². The minimum Gasteiger partial charge on any atom is -0.457 e. The van der Waals surface area contributed by atoms with Gasteiger partial charge >= 0.3 is 0 Å². The first-order valence-electron chi connectivity index (χ1n) is 5.20. The van der Waals surface area contributed by atoms with Crippen LogP contribution in [-0.2, 0) is 4.74 Å². The average Bonchev–Trinajstić information content (AvgIpc) is 2.63. The van der Waals surface area contributed by atoms with E-state index in [9.17, 15) is 4.79 Å².